The quantitative estimate of drug-likeness (QED) is 0.637. The highest BCUT2D eigenvalue weighted by Gasteiger charge is 2.34. The van der Waals surface area contributed by atoms with Crippen molar-refractivity contribution in [3.63, 3.8) is 0 Å². The van der Waals surface area contributed by atoms with Gasteiger partial charge in [-0.05, 0) is 20.3 Å². The summed E-state index contributed by atoms with van der Waals surface area (Å²) in [4.78, 5) is 10.9. The predicted octanol–water partition coefficient (Wildman–Crippen LogP) is 1.02. The van der Waals surface area contributed by atoms with Gasteiger partial charge in [0.2, 0.25) is 5.95 Å². The lowest BCUT2D eigenvalue weighted by Gasteiger charge is -2.39. The molecule has 0 aromatic carbocycles. The van der Waals surface area contributed by atoms with E-state index in [1.165, 1.54) is 0 Å². The van der Waals surface area contributed by atoms with Gasteiger partial charge < -0.3 is 4.90 Å². The molecule has 0 aliphatic carbocycles. The molecule has 1 unspecified atom stereocenters. The first kappa shape index (κ1) is 12.8. The Kier molecular flexibility index (Phi) is 3.01. The molecule has 3 N–H and O–H groups in total. The van der Waals surface area contributed by atoms with E-state index in [0.29, 0.717) is 5.95 Å². The zero-order valence-corrected chi connectivity index (χ0v) is 11.8. The molecule has 20 heavy (non-hydrogen) atoms. The molecule has 1 aliphatic rings. The van der Waals surface area contributed by atoms with E-state index in [9.17, 15) is 0 Å². The number of fused-ring (bicyclic) bond motifs is 3. The Morgan fingerprint density at radius 3 is 2.90 bits per heavy atom. The Balaban J connectivity index is 2.24. The summed E-state index contributed by atoms with van der Waals surface area (Å²) in [6.45, 7) is 6.40. The molecule has 0 fully saturated rings. The normalized spacial score (nSPS) is 17.1. The molecule has 3 heterocycles. The number of aromatic nitrogens is 5. The van der Waals surface area contributed by atoms with Crippen molar-refractivity contribution in [2.45, 2.75) is 39.3 Å². The van der Waals surface area contributed by atoms with E-state index >= 15 is 0 Å². The van der Waals surface area contributed by atoms with Crippen LogP contribution in [0.3, 0.4) is 0 Å². The highest BCUT2D eigenvalue weighted by atomic mass is 15.4. The van der Waals surface area contributed by atoms with E-state index in [4.69, 9.17) is 5.84 Å². The summed E-state index contributed by atoms with van der Waals surface area (Å²) in [6, 6.07) is 0.426. The number of hydrogen-bond donors (Lipinski definition) is 2. The van der Waals surface area contributed by atoms with E-state index < -0.39 is 0 Å². The molecule has 1 aliphatic heterocycles. The summed E-state index contributed by atoms with van der Waals surface area (Å²) >= 11 is 0. The number of nitrogen functional groups attached to an aromatic ring is 1. The van der Waals surface area contributed by atoms with Gasteiger partial charge in [0.15, 0.2) is 11.6 Å². The van der Waals surface area contributed by atoms with E-state index in [1.807, 2.05) is 4.57 Å². The molecule has 0 bridgehead atoms. The molecule has 0 saturated carbocycles. The summed E-state index contributed by atoms with van der Waals surface area (Å²) in [5.74, 6) is 7.60. The second kappa shape index (κ2) is 4.71. The van der Waals surface area contributed by atoms with E-state index in [2.05, 4.69) is 51.3 Å². The molecule has 2 aromatic rings. The number of nitrogens with one attached hydrogen (secondary N) is 1. The van der Waals surface area contributed by atoms with Gasteiger partial charge in [0, 0.05) is 6.04 Å². The van der Waals surface area contributed by atoms with Crippen molar-refractivity contribution < 1.29 is 0 Å². The van der Waals surface area contributed by atoms with Crippen LogP contribution in [0, 0.1) is 0 Å². The molecular formula is C12H18N8. The van der Waals surface area contributed by atoms with Crippen LogP contribution < -0.4 is 16.2 Å². The van der Waals surface area contributed by atoms with Gasteiger partial charge in [0.05, 0.1) is 12.2 Å². The summed E-state index contributed by atoms with van der Waals surface area (Å²) in [5, 5.41) is 8.29. The van der Waals surface area contributed by atoms with Crippen LogP contribution in [0.1, 0.15) is 39.1 Å². The molecular weight excluding hydrogens is 256 g/mol. The lowest BCUT2D eigenvalue weighted by Crippen LogP contribution is -2.40. The van der Waals surface area contributed by atoms with Crippen molar-refractivity contribution in [2.24, 2.45) is 5.84 Å². The lowest BCUT2D eigenvalue weighted by atomic mass is 10.1. The van der Waals surface area contributed by atoms with Crippen molar-refractivity contribution >= 4 is 11.8 Å². The number of rotatable bonds is 3. The van der Waals surface area contributed by atoms with Gasteiger partial charge in [-0.25, -0.2) is 10.8 Å². The molecule has 0 spiro atoms. The maximum atomic E-state index is 5.42. The third kappa shape index (κ3) is 1.72. The van der Waals surface area contributed by atoms with Crippen LogP contribution in [0.15, 0.2) is 12.5 Å². The van der Waals surface area contributed by atoms with E-state index in [1.54, 1.807) is 12.5 Å². The summed E-state index contributed by atoms with van der Waals surface area (Å²) < 4.78 is 1.95. The summed E-state index contributed by atoms with van der Waals surface area (Å²) in [7, 11) is 0. The molecule has 0 radical (unpaired) electrons. The van der Waals surface area contributed by atoms with Gasteiger partial charge in [-0.15, -0.1) is 10.2 Å². The van der Waals surface area contributed by atoms with Gasteiger partial charge in [-0.1, -0.05) is 6.92 Å². The smallest absolute Gasteiger partial charge is 0.239 e. The number of anilines is 2. The second-order valence-corrected chi connectivity index (χ2v) is 5.03. The fourth-order valence-electron chi connectivity index (χ4n) is 2.71. The first-order chi connectivity index (χ1) is 9.67. The Labute approximate surface area is 117 Å². The Bertz CT molecular complexity index is 620. The number of hydrazine groups is 1. The van der Waals surface area contributed by atoms with Crippen LogP contribution in [0.5, 0.6) is 0 Å². The maximum Gasteiger partial charge on any atom is 0.239 e. The minimum Gasteiger partial charge on any atom is -0.342 e. The molecule has 8 nitrogen and oxygen atoms in total. The largest absolute Gasteiger partial charge is 0.342 e. The standard InChI is InChI=1S/C12H18N8/c1-4-8-11-18-15-6-19(11)9-5-14-12(17-13)16-10(9)20(8)7(2)3/h5-8H,4,13H2,1-3H3,(H,14,16,17). The molecule has 106 valence electrons. The molecule has 1 atom stereocenters. The van der Waals surface area contributed by atoms with E-state index in [0.717, 1.165) is 23.8 Å². The summed E-state index contributed by atoms with van der Waals surface area (Å²) in [5.41, 5.74) is 3.38. The fraction of sp³-hybridized carbons (Fsp3) is 0.500. The van der Waals surface area contributed by atoms with Crippen LogP contribution in [0.25, 0.3) is 5.69 Å². The number of nitrogens with zero attached hydrogens (tertiary/aromatic N) is 6. The highest BCUT2D eigenvalue weighted by molar-refractivity contribution is 5.63. The zero-order chi connectivity index (χ0) is 14.3. The minimum absolute atomic E-state index is 0.144. The second-order valence-electron chi connectivity index (χ2n) is 5.03. The highest BCUT2D eigenvalue weighted by Crippen LogP contribution is 2.39. The fourth-order valence-corrected chi connectivity index (χ4v) is 2.71. The van der Waals surface area contributed by atoms with Gasteiger partial charge in [-0.3, -0.25) is 9.99 Å². The van der Waals surface area contributed by atoms with Gasteiger partial charge in [-0.2, -0.15) is 4.98 Å². The van der Waals surface area contributed by atoms with Crippen molar-refractivity contribution in [2.75, 3.05) is 10.3 Å². The summed E-state index contributed by atoms with van der Waals surface area (Å²) in [6.07, 6.45) is 4.37. The molecule has 0 saturated heterocycles. The Hall–Kier alpha value is -2.22. The average Bonchev–Trinajstić information content (AvgIpc) is 2.93. The predicted molar refractivity (Wildman–Crippen MR) is 75.4 cm³/mol. The van der Waals surface area contributed by atoms with Gasteiger partial charge in [0.25, 0.3) is 0 Å². The first-order valence-electron chi connectivity index (χ1n) is 6.69. The van der Waals surface area contributed by atoms with Crippen molar-refractivity contribution in [3.8, 4) is 5.69 Å². The monoisotopic (exact) mass is 274 g/mol. The minimum atomic E-state index is 0.144. The maximum absolute atomic E-state index is 5.42. The van der Waals surface area contributed by atoms with Gasteiger partial charge >= 0.3 is 0 Å². The van der Waals surface area contributed by atoms with Crippen LogP contribution in [0.2, 0.25) is 0 Å². The Morgan fingerprint density at radius 2 is 2.25 bits per heavy atom. The van der Waals surface area contributed by atoms with Crippen LogP contribution in [-0.2, 0) is 0 Å². The van der Waals surface area contributed by atoms with Crippen molar-refractivity contribution in [1.29, 1.82) is 0 Å². The zero-order valence-electron chi connectivity index (χ0n) is 11.8. The molecule has 2 aromatic heterocycles. The van der Waals surface area contributed by atoms with Crippen molar-refractivity contribution in [1.82, 2.24) is 24.7 Å². The third-order valence-electron chi connectivity index (χ3n) is 3.53. The van der Waals surface area contributed by atoms with Gasteiger partial charge in [0.1, 0.15) is 12.0 Å². The number of nitrogens with two attached hydrogens (primary N) is 1. The van der Waals surface area contributed by atoms with Crippen LogP contribution in [0.4, 0.5) is 11.8 Å². The lowest BCUT2D eigenvalue weighted by molar-refractivity contribution is 0.497. The SMILES string of the molecule is CCC1c2nncn2-c2cnc(NN)nc2N1C(C)C. The van der Waals surface area contributed by atoms with Crippen molar-refractivity contribution in [3.05, 3.63) is 18.3 Å². The molecule has 8 heteroatoms. The van der Waals surface area contributed by atoms with Crippen LogP contribution in [-0.4, -0.2) is 30.8 Å². The third-order valence-corrected chi connectivity index (χ3v) is 3.53. The first-order valence-corrected chi connectivity index (χ1v) is 6.69. The molecule has 0 amide bonds. The topological polar surface area (TPSA) is 97.8 Å². The number of hydrogen-bond acceptors (Lipinski definition) is 7. The average molecular weight is 274 g/mol. The van der Waals surface area contributed by atoms with Crippen LogP contribution >= 0.6 is 0 Å². The van der Waals surface area contributed by atoms with E-state index in [-0.39, 0.29) is 12.1 Å². The Morgan fingerprint density at radius 1 is 1.45 bits per heavy atom. The molecule has 3 rings (SSSR count).